The first-order valence-corrected chi connectivity index (χ1v) is 5.37. The standard InChI is InChI=1S/C11H14Cl2O/c1-8(2)6-14-7-9-3-4-10(12)5-11(9)13/h3-5,8H,6-7H2,1-2H3. The molecule has 0 saturated heterocycles. The van der Waals surface area contributed by atoms with Crippen LogP contribution in [0.15, 0.2) is 18.2 Å². The van der Waals surface area contributed by atoms with Gasteiger partial charge < -0.3 is 4.74 Å². The van der Waals surface area contributed by atoms with Crippen LogP contribution in [-0.2, 0) is 11.3 Å². The quantitative estimate of drug-likeness (QED) is 0.758. The fourth-order valence-electron chi connectivity index (χ4n) is 1.04. The second kappa shape index (κ2) is 5.59. The molecule has 1 nitrogen and oxygen atoms in total. The summed E-state index contributed by atoms with van der Waals surface area (Å²) in [6, 6.07) is 5.45. The van der Waals surface area contributed by atoms with E-state index in [0.29, 0.717) is 22.6 Å². The molecule has 1 aromatic rings. The minimum Gasteiger partial charge on any atom is -0.376 e. The van der Waals surface area contributed by atoms with Crippen LogP contribution < -0.4 is 0 Å². The number of rotatable bonds is 4. The molecule has 0 bridgehead atoms. The van der Waals surface area contributed by atoms with Crippen LogP contribution in [0.1, 0.15) is 19.4 Å². The van der Waals surface area contributed by atoms with Gasteiger partial charge in [0.1, 0.15) is 0 Å². The summed E-state index contributed by atoms with van der Waals surface area (Å²) in [5, 5.41) is 1.32. The van der Waals surface area contributed by atoms with Gasteiger partial charge in [-0.05, 0) is 23.6 Å². The van der Waals surface area contributed by atoms with E-state index in [9.17, 15) is 0 Å². The van der Waals surface area contributed by atoms with Crippen molar-refractivity contribution in [1.82, 2.24) is 0 Å². The fourth-order valence-corrected chi connectivity index (χ4v) is 1.51. The normalized spacial score (nSPS) is 10.9. The molecule has 0 fully saturated rings. The molecule has 0 aliphatic rings. The van der Waals surface area contributed by atoms with E-state index >= 15 is 0 Å². The summed E-state index contributed by atoms with van der Waals surface area (Å²) in [6.07, 6.45) is 0. The number of halogens is 2. The molecular formula is C11H14Cl2O. The van der Waals surface area contributed by atoms with Crippen molar-refractivity contribution in [2.45, 2.75) is 20.5 Å². The van der Waals surface area contributed by atoms with Crippen LogP contribution in [0.3, 0.4) is 0 Å². The van der Waals surface area contributed by atoms with Gasteiger partial charge in [-0.25, -0.2) is 0 Å². The van der Waals surface area contributed by atoms with Crippen molar-refractivity contribution < 1.29 is 4.74 Å². The van der Waals surface area contributed by atoms with Crippen LogP contribution in [0.4, 0.5) is 0 Å². The van der Waals surface area contributed by atoms with Gasteiger partial charge in [-0.15, -0.1) is 0 Å². The predicted octanol–water partition coefficient (Wildman–Crippen LogP) is 4.17. The Balaban J connectivity index is 2.51. The van der Waals surface area contributed by atoms with Gasteiger partial charge in [0.05, 0.1) is 6.61 Å². The summed E-state index contributed by atoms with van der Waals surface area (Å²) in [6.45, 7) is 5.53. The van der Waals surface area contributed by atoms with Crippen molar-refractivity contribution in [3.05, 3.63) is 33.8 Å². The topological polar surface area (TPSA) is 9.23 Å². The van der Waals surface area contributed by atoms with Crippen LogP contribution in [0.25, 0.3) is 0 Å². The van der Waals surface area contributed by atoms with Gasteiger partial charge in [0, 0.05) is 16.7 Å². The number of hydrogen-bond acceptors (Lipinski definition) is 1. The van der Waals surface area contributed by atoms with Gasteiger partial charge in [0.25, 0.3) is 0 Å². The third-order valence-corrected chi connectivity index (χ3v) is 2.31. The molecule has 0 spiro atoms. The maximum absolute atomic E-state index is 5.98. The zero-order valence-electron chi connectivity index (χ0n) is 8.39. The minimum absolute atomic E-state index is 0.543. The van der Waals surface area contributed by atoms with Gasteiger partial charge in [-0.1, -0.05) is 43.1 Å². The average Bonchev–Trinajstić information content (AvgIpc) is 2.08. The van der Waals surface area contributed by atoms with Gasteiger partial charge in [0.15, 0.2) is 0 Å². The highest BCUT2D eigenvalue weighted by atomic mass is 35.5. The molecule has 0 amide bonds. The number of ether oxygens (including phenoxy) is 1. The fraction of sp³-hybridized carbons (Fsp3) is 0.455. The molecule has 0 aliphatic heterocycles. The summed E-state index contributed by atoms with van der Waals surface area (Å²) in [5.74, 6) is 0.543. The molecule has 3 heteroatoms. The Morgan fingerprint density at radius 1 is 1.29 bits per heavy atom. The summed E-state index contributed by atoms with van der Waals surface area (Å²) >= 11 is 11.8. The second-order valence-corrected chi connectivity index (χ2v) is 4.49. The van der Waals surface area contributed by atoms with E-state index in [-0.39, 0.29) is 0 Å². The SMILES string of the molecule is CC(C)COCc1ccc(Cl)cc1Cl. The lowest BCUT2D eigenvalue weighted by Crippen LogP contribution is -2.02. The lowest BCUT2D eigenvalue weighted by atomic mass is 10.2. The Morgan fingerprint density at radius 2 is 2.00 bits per heavy atom. The van der Waals surface area contributed by atoms with Gasteiger partial charge in [-0.3, -0.25) is 0 Å². The summed E-state index contributed by atoms with van der Waals surface area (Å²) in [4.78, 5) is 0. The lowest BCUT2D eigenvalue weighted by molar-refractivity contribution is 0.0971. The number of benzene rings is 1. The molecule has 0 aliphatic carbocycles. The van der Waals surface area contributed by atoms with Gasteiger partial charge in [-0.2, -0.15) is 0 Å². The molecule has 78 valence electrons. The highest BCUT2D eigenvalue weighted by molar-refractivity contribution is 6.35. The highest BCUT2D eigenvalue weighted by Crippen LogP contribution is 2.21. The van der Waals surface area contributed by atoms with Crippen molar-refractivity contribution in [2.24, 2.45) is 5.92 Å². The molecule has 1 rings (SSSR count). The number of hydrogen-bond donors (Lipinski definition) is 0. The molecule has 0 N–H and O–H groups in total. The molecule has 0 unspecified atom stereocenters. The first-order valence-electron chi connectivity index (χ1n) is 4.61. The van der Waals surface area contributed by atoms with Gasteiger partial charge >= 0.3 is 0 Å². The molecule has 0 saturated carbocycles. The molecule has 14 heavy (non-hydrogen) atoms. The molecule has 1 aromatic carbocycles. The zero-order chi connectivity index (χ0) is 10.6. The average molecular weight is 233 g/mol. The van der Waals surface area contributed by atoms with Crippen LogP contribution >= 0.6 is 23.2 Å². The Hall–Kier alpha value is -0.240. The van der Waals surface area contributed by atoms with E-state index in [1.54, 1.807) is 6.07 Å². The van der Waals surface area contributed by atoms with Crippen molar-refractivity contribution >= 4 is 23.2 Å². The maximum atomic E-state index is 5.98. The minimum atomic E-state index is 0.543. The first kappa shape index (κ1) is 11.8. The van der Waals surface area contributed by atoms with E-state index in [2.05, 4.69) is 13.8 Å². The second-order valence-electron chi connectivity index (χ2n) is 3.64. The Bertz CT molecular complexity index is 297. The summed E-state index contributed by atoms with van der Waals surface area (Å²) in [5.41, 5.74) is 0.983. The summed E-state index contributed by atoms with van der Waals surface area (Å²) in [7, 11) is 0. The van der Waals surface area contributed by atoms with Crippen molar-refractivity contribution in [3.8, 4) is 0 Å². The van der Waals surface area contributed by atoms with Crippen molar-refractivity contribution in [3.63, 3.8) is 0 Å². The highest BCUT2D eigenvalue weighted by Gasteiger charge is 2.01. The molecule has 0 heterocycles. The monoisotopic (exact) mass is 232 g/mol. The van der Waals surface area contributed by atoms with Crippen molar-refractivity contribution in [2.75, 3.05) is 6.61 Å². The van der Waals surface area contributed by atoms with E-state index in [1.165, 1.54) is 0 Å². The smallest absolute Gasteiger partial charge is 0.0731 e. The molecule has 0 atom stereocenters. The Labute approximate surface area is 95.0 Å². The van der Waals surface area contributed by atoms with E-state index < -0.39 is 0 Å². The zero-order valence-corrected chi connectivity index (χ0v) is 9.90. The van der Waals surface area contributed by atoms with Crippen molar-refractivity contribution in [1.29, 1.82) is 0 Å². The third-order valence-electron chi connectivity index (χ3n) is 1.72. The summed E-state index contributed by atoms with van der Waals surface area (Å²) < 4.78 is 5.47. The van der Waals surface area contributed by atoms with Crippen LogP contribution in [0.5, 0.6) is 0 Å². The Kier molecular flexibility index (Phi) is 4.73. The van der Waals surface area contributed by atoms with Crippen LogP contribution in [0.2, 0.25) is 10.0 Å². The molecule has 0 aromatic heterocycles. The largest absolute Gasteiger partial charge is 0.376 e. The predicted molar refractivity (Wildman–Crippen MR) is 61.0 cm³/mol. The Morgan fingerprint density at radius 3 is 2.57 bits per heavy atom. The first-order chi connectivity index (χ1) is 6.59. The van der Waals surface area contributed by atoms with Crippen LogP contribution in [0, 0.1) is 5.92 Å². The molecular weight excluding hydrogens is 219 g/mol. The molecule has 0 radical (unpaired) electrons. The maximum Gasteiger partial charge on any atom is 0.0731 e. The van der Waals surface area contributed by atoms with E-state index in [4.69, 9.17) is 27.9 Å². The van der Waals surface area contributed by atoms with Gasteiger partial charge in [0.2, 0.25) is 0 Å². The van der Waals surface area contributed by atoms with E-state index in [1.807, 2.05) is 12.1 Å². The van der Waals surface area contributed by atoms with E-state index in [0.717, 1.165) is 12.2 Å². The third kappa shape index (κ3) is 3.87. The lowest BCUT2D eigenvalue weighted by Gasteiger charge is -2.08. The van der Waals surface area contributed by atoms with Crippen LogP contribution in [-0.4, -0.2) is 6.61 Å².